The van der Waals surface area contributed by atoms with Gasteiger partial charge >= 0.3 is 0 Å². The predicted octanol–water partition coefficient (Wildman–Crippen LogP) is 1.48. The highest BCUT2D eigenvalue weighted by Gasteiger charge is 2.31. The summed E-state index contributed by atoms with van der Waals surface area (Å²) in [4.78, 5) is 16.8. The van der Waals surface area contributed by atoms with Gasteiger partial charge in [0.15, 0.2) is 11.5 Å². The molecule has 1 amide bonds. The van der Waals surface area contributed by atoms with Gasteiger partial charge in [0.25, 0.3) is 10.0 Å². The Balaban J connectivity index is 1.54. The van der Waals surface area contributed by atoms with Crippen molar-refractivity contribution in [3.05, 3.63) is 48.0 Å². The summed E-state index contributed by atoms with van der Waals surface area (Å²) < 4.78 is 37.1. The lowest BCUT2D eigenvalue weighted by Crippen LogP contribution is -2.28. The van der Waals surface area contributed by atoms with Gasteiger partial charge in [0.2, 0.25) is 12.7 Å². The van der Waals surface area contributed by atoms with Crippen molar-refractivity contribution in [3.8, 4) is 11.5 Å². The number of anilines is 1. The molecule has 2 N–H and O–H groups in total. The van der Waals surface area contributed by atoms with Crippen LogP contribution in [0.15, 0.2) is 52.4 Å². The molecule has 0 spiro atoms. The number of aliphatic imine (C=N–C) groups is 1. The third-order valence-corrected chi connectivity index (χ3v) is 5.40. The Morgan fingerprint density at radius 2 is 1.96 bits per heavy atom. The number of rotatable bonds is 3. The topological polar surface area (TPSA) is 106 Å². The number of nitrogens with zero attached hydrogens (tertiary/aromatic N) is 1. The van der Waals surface area contributed by atoms with E-state index in [1.807, 2.05) is 0 Å². The van der Waals surface area contributed by atoms with Gasteiger partial charge in [0.1, 0.15) is 11.9 Å². The van der Waals surface area contributed by atoms with E-state index in [1.165, 1.54) is 6.07 Å². The number of amidine groups is 1. The van der Waals surface area contributed by atoms with E-state index < -0.39 is 16.1 Å². The summed E-state index contributed by atoms with van der Waals surface area (Å²) in [6.07, 6.45) is 0. The lowest BCUT2D eigenvalue weighted by atomic mass is 10.2. The average molecular weight is 373 g/mol. The second kappa shape index (κ2) is 6.03. The minimum atomic E-state index is -3.63. The van der Waals surface area contributed by atoms with Crippen LogP contribution in [0.4, 0.5) is 5.69 Å². The number of nitrogens with one attached hydrogen (secondary N) is 2. The van der Waals surface area contributed by atoms with E-state index in [4.69, 9.17) is 9.47 Å². The summed E-state index contributed by atoms with van der Waals surface area (Å²) in [7, 11) is -3.63. The van der Waals surface area contributed by atoms with Gasteiger partial charge in [-0.2, -0.15) is 0 Å². The maximum atomic E-state index is 12.4. The van der Waals surface area contributed by atoms with Gasteiger partial charge in [0, 0.05) is 17.3 Å². The number of sulfonamides is 1. The van der Waals surface area contributed by atoms with Gasteiger partial charge in [0.05, 0.1) is 4.90 Å². The normalized spacial score (nSPS) is 18.9. The monoisotopic (exact) mass is 373 g/mol. The Bertz CT molecular complexity index is 1030. The molecule has 2 aliphatic rings. The number of carbonyl (C=O) groups is 1. The van der Waals surface area contributed by atoms with Crippen LogP contribution in [-0.2, 0) is 14.8 Å². The molecule has 134 valence electrons. The fourth-order valence-corrected chi connectivity index (χ4v) is 3.94. The van der Waals surface area contributed by atoms with E-state index in [0.717, 1.165) is 0 Å². The Labute approximate surface area is 149 Å². The molecule has 8 nitrogen and oxygen atoms in total. The molecule has 0 aliphatic carbocycles. The first-order chi connectivity index (χ1) is 12.4. The molecule has 0 aromatic heterocycles. The van der Waals surface area contributed by atoms with Crippen LogP contribution >= 0.6 is 0 Å². The van der Waals surface area contributed by atoms with Crippen LogP contribution in [-0.4, -0.2) is 33.0 Å². The van der Waals surface area contributed by atoms with Crippen LogP contribution in [0.25, 0.3) is 0 Å². The smallest absolute Gasteiger partial charge is 0.263 e. The average Bonchev–Trinajstić information content (AvgIpc) is 3.17. The Hall–Kier alpha value is -3.07. The van der Waals surface area contributed by atoms with Crippen molar-refractivity contribution in [1.82, 2.24) is 4.72 Å². The van der Waals surface area contributed by atoms with Crippen LogP contribution in [0.5, 0.6) is 11.5 Å². The number of benzene rings is 2. The number of fused-ring (bicyclic) bond motifs is 2. The van der Waals surface area contributed by atoms with Gasteiger partial charge in [-0.1, -0.05) is 12.1 Å². The van der Waals surface area contributed by atoms with Crippen LogP contribution in [0, 0.1) is 0 Å². The second-order valence-electron chi connectivity index (χ2n) is 5.81. The molecule has 9 heteroatoms. The Kier molecular flexibility index (Phi) is 3.80. The van der Waals surface area contributed by atoms with Crippen molar-refractivity contribution in [1.29, 1.82) is 0 Å². The number of hydrogen-bond acceptors (Lipinski definition) is 6. The van der Waals surface area contributed by atoms with Crippen molar-refractivity contribution >= 4 is 27.5 Å². The maximum Gasteiger partial charge on any atom is 0.263 e. The highest BCUT2D eigenvalue weighted by molar-refractivity contribution is 7.90. The van der Waals surface area contributed by atoms with Crippen molar-refractivity contribution < 1.29 is 22.7 Å². The van der Waals surface area contributed by atoms with Crippen molar-refractivity contribution in [2.24, 2.45) is 4.99 Å². The predicted molar refractivity (Wildman–Crippen MR) is 94.0 cm³/mol. The molecule has 4 rings (SSSR count). The molecule has 2 heterocycles. The highest BCUT2D eigenvalue weighted by atomic mass is 32.2. The maximum absolute atomic E-state index is 12.4. The summed E-state index contributed by atoms with van der Waals surface area (Å²) in [5, 5.41) is 2.73. The van der Waals surface area contributed by atoms with Gasteiger partial charge in [-0.15, -0.1) is 0 Å². The first-order valence-corrected chi connectivity index (χ1v) is 9.33. The molecular formula is C17H15N3O5S. The minimum Gasteiger partial charge on any atom is -0.454 e. The molecule has 0 radical (unpaired) electrons. The van der Waals surface area contributed by atoms with Crippen molar-refractivity contribution in [2.75, 3.05) is 12.1 Å². The van der Waals surface area contributed by atoms with Crippen LogP contribution in [0.2, 0.25) is 0 Å². The summed E-state index contributed by atoms with van der Waals surface area (Å²) in [5.41, 5.74) is 0.994. The largest absolute Gasteiger partial charge is 0.454 e. The molecule has 0 bridgehead atoms. The summed E-state index contributed by atoms with van der Waals surface area (Å²) in [6.45, 7) is 1.74. The molecule has 26 heavy (non-hydrogen) atoms. The van der Waals surface area contributed by atoms with E-state index >= 15 is 0 Å². The molecule has 2 aliphatic heterocycles. The molecule has 1 atom stereocenters. The van der Waals surface area contributed by atoms with Gasteiger partial charge < -0.3 is 14.8 Å². The van der Waals surface area contributed by atoms with E-state index in [0.29, 0.717) is 22.7 Å². The fourth-order valence-electron chi connectivity index (χ4n) is 2.70. The van der Waals surface area contributed by atoms with E-state index in [1.54, 1.807) is 43.3 Å². The first kappa shape index (κ1) is 16.4. The Morgan fingerprint density at radius 1 is 1.19 bits per heavy atom. The molecule has 0 saturated heterocycles. The summed E-state index contributed by atoms with van der Waals surface area (Å²) in [6, 6.07) is 10.8. The molecule has 0 saturated carbocycles. The van der Waals surface area contributed by atoms with Crippen molar-refractivity contribution in [3.63, 3.8) is 0 Å². The van der Waals surface area contributed by atoms with Crippen LogP contribution in [0.1, 0.15) is 12.5 Å². The third kappa shape index (κ3) is 2.86. The van der Waals surface area contributed by atoms with Gasteiger partial charge in [-0.25, -0.2) is 8.42 Å². The molecule has 2 aromatic carbocycles. The second-order valence-corrected chi connectivity index (χ2v) is 7.46. The molecule has 0 fully saturated rings. The minimum absolute atomic E-state index is 0.149. The lowest BCUT2D eigenvalue weighted by Gasteiger charge is -2.10. The van der Waals surface area contributed by atoms with Gasteiger partial charge in [-0.05, 0) is 31.2 Å². The number of amides is 1. The van der Waals surface area contributed by atoms with E-state index in [-0.39, 0.29) is 23.4 Å². The summed E-state index contributed by atoms with van der Waals surface area (Å²) in [5.74, 6) is 0.960. The molecule has 2 aromatic rings. The number of hydrogen-bond donors (Lipinski definition) is 2. The first-order valence-electron chi connectivity index (χ1n) is 7.84. The fraction of sp³-hybridized carbons (Fsp3) is 0.176. The SMILES string of the molecule is C[C@H](N=C1NS(=O)(=O)c2ccccc21)C(=O)Nc1ccc2c(c1)OCO2. The zero-order chi connectivity index (χ0) is 18.3. The van der Waals surface area contributed by atoms with Crippen LogP contribution in [0.3, 0.4) is 0 Å². The standard InChI is InChI=1S/C17H15N3O5S/c1-10(17(21)19-11-6-7-13-14(8-11)25-9-24-13)18-16-12-4-2-3-5-15(12)26(22,23)20-16/h2-8,10H,9H2,1H3,(H,18,20)(H,19,21)/t10-/m0/s1. The molecular weight excluding hydrogens is 358 g/mol. The van der Waals surface area contributed by atoms with Gasteiger partial charge in [-0.3, -0.25) is 14.5 Å². The number of ether oxygens (including phenoxy) is 2. The van der Waals surface area contributed by atoms with E-state index in [2.05, 4.69) is 15.0 Å². The molecule has 0 unspecified atom stereocenters. The number of carbonyl (C=O) groups excluding carboxylic acids is 1. The quantitative estimate of drug-likeness (QED) is 0.848. The summed E-state index contributed by atoms with van der Waals surface area (Å²) >= 11 is 0. The third-order valence-electron chi connectivity index (χ3n) is 4.01. The highest BCUT2D eigenvalue weighted by Crippen LogP contribution is 2.34. The Morgan fingerprint density at radius 3 is 2.81 bits per heavy atom. The van der Waals surface area contributed by atoms with Crippen LogP contribution < -0.4 is 19.5 Å². The zero-order valence-corrected chi connectivity index (χ0v) is 14.5. The van der Waals surface area contributed by atoms with Crippen molar-refractivity contribution in [2.45, 2.75) is 17.9 Å². The zero-order valence-electron chi connectivity index (χ0n) is 13.7. The lowest BCUT2D eigenvalue weighted by molar-refractivity contribution is -0.117. The van der Waals surface area contributed by atoms with E-state index in [9.17, 15) is 13.2 Å².